The predicted molar refractivity (Wildman–Crippen MR) is 67.4 cm³/mol. The zero-order valence-electron chi connectivity index (χ0n) is 11.5. The maximum atomic E-state index is 12.7. The van der Waals surface area contributed by atoms with E-state index in [0.717, 1.165) is 0 Å². The van der Waals surface area contributed by atoms with Crippen molar-refractivity contribution in [3.8, 4) is 0 Å². The number of nitrogens with two attached hydrogens (primary N) is 1. The summed E-state index contributed by atoms with van der Waals surface area (Å²) in [7, 11) is 0. The van der Waals surface area contributed by atoms with Gasteiger partial charge in [0, 0.05) is 6.04 Å². The molecule has 0 heterocycles. The van der Waals surface area contributed by atoms with Crippen molar-refractivity contribution >= 4 is 5.91 Å². The summed E-state index contributed by atoms with van der Waals surface area (Å²) < 4.78 is 38.0. The molecule has 0 aromatic rings. The summed E-state index contributed by atoms with van der Waals surface area (Å²) in [6, 6.07) is -0.408. The average molecular weight is 280 g/mol. The van der Waals surface area contributed by atoms with Crippen LogP contribution in [0.5, 0.6) is 0 Å². The highest BCUT2D eigenvalue weighted by Gasteiger charge is 2.43. The maximum absolute atomic E-state index is 12.7. The van der Waals surface area contributed by atoms with Gasteiger partial charge in [-0.05, 0) is 32.1 Å². The molecule has 0 saturated heterocycles. The minimum Gasteiger partial charge on any atom is -0.352 e. The van der Waals surface area contributed by atoms with Crippen molar-refractivity contribution in [2.75, 3.05) is 0 Å². The van der Waals surface area contributed by atoms with E-state index in [1.807, 2.05) is 13.8 Å². The zero-order chi connectivity index (χ0) is 14.7. The lowest BCUT2D eigenvalue weighted by molar-refractivity contribution is -0.184. The molecule has 1 rings (SSSR count). The molecule has 1 saturated carbocycles. The maximum Gasteiger partial charge on any atom is 0.391 e. The van der Waals surface area contributed by atoms with E-state index in [9.17, 15) is 18.0 Å². The van der Waals surface area contributed by atoms with Gasteiger partial charge >= 0.3 is 6.18 Å². The third-order valence-electron chi connectivity index (χ3n) is 4.19. The van der Waals surface area contributed by atoms with Gasteiger partial charge in [0.1, 0.15) is 0 Å². The molecule has 3 N–H and O–H groups in total. The lowest BCUT2D eigenvalue weighted by atomic mass is 9.84. The summed E-state index contributed by atoms with van der Waals surface area (Å²) in [5, 5.41) is 2.70. The van der Waals surface area contributed by atoms with Crippen molar-refractivity contribution in [2.24, 2.45) is 11.7 Å². The largest absolute Gasteiger partial charge is 0.391 e. The highest BCUT2D eigenvalue weighted by Crippen LogP contribution is 2.37. The summed E-state index contributed by atoms with van der Waals surface area (Å²) in [6.45, 7) is 3.62. The molecule has 2 atom stereocenters. The summed E-state index contributed by atoms with van der Waals surface area (Å²) >= 11 is 0. The number of halogens is 3. The van der Waals surface area contributed by atoms with E-state index >= 15 is 0 Å². The van der Waals surface area contributed by atoms with E-state index < -0.39 is 23.7 Å². The molecule has 0 aromatic carbocycles. The lowest BCUT2D eigenvalue weighted by Gasteiger charge is -2.34. The molecule has 0 aromatic heterocycles. The number of carbonyl (C=O) groups excluding carboxylic acids is 1. The molecule has 3 nitrogen and oxygen atoms in total. The second-order valence-corrected chi connectivity index (χ2v) is 5.44. The van der Waals surface area contributed by atoms with Gasteiger partial charge in [-0.25, -0.2) is 0 Å². The van der Waals surface area contributed by atoms with Crippen LogP contribution in [0.15, 0.2) is 0 Å². The predicted octanol–water partition coefficient (Wildman–Crippen LogP) is 2.74. The van der Waals surface area contributed by atoms with Gasteiger partial charge in [-0.1, -0.05) is 20.3 Å². The van der Waals surface area contributed by atoms with Crippen LogP contribution in [-0.2, 0) is 4.79 Å². The molecule has 112 valence electrons. The van der Waals surface area contributed by atoms with Crippen LogP contribution in [-0.4, -0.2) is 23.7 Å². The van der Waals surface area contributed by atoms with Gasteiger partial charge in [-0.2, -0.15) is 13.2 Å². The van der Waals surface area contributed by atoms with Gasteiger partial charge in [0.25, 0.3) is 0 Å². The molecule has 0 radical (unpaired) electrons. The third-order valence-corrected chi connectivity index (χ3v) is 4.19. The van der Waals surface area contributed by atoms with E-state index in [1.165, 1.54) is 0 Å². The zero-order valence-corrected chi connectivity index (χ0v) is 11.5. The van der Waals surface area contributed by atoms with Gasteiger partial charge in [-0.3, -0.25) is 4.79 Å². The number of alkyl halides is 3. The summed E-state index contributed by atoms with van der Waals surface area (Å²) in [5.74, 6) is -1.63. The first kappa shape index (κ1) is 16.3. The molecule has 19 heavy (non-hydrogen) atoms. The number of carbonyl (C=O) groups is 1. The summed E-state index contributed by atoms with van der Waals surface area (Å²) in [4.78, 5) is 12.0. The van der Waals surface area contributed by atoms with Crippen LogP contribution in [0.25, 0.3) is 0 Å². The Labute approximate surface area is 112 Å². The lowest BCUT2D eigenvalue weighted by Crippen LogP contribution is -2.56. The van der Waals surface area contributed by atoms with Gasteiger partial charge < -0.3 is 11.1 Å². The topological polar surface area (TPSA) is 55.1 Å². The Bertz CT molecular complexity index is 314. The highest BCUT2D eigenvalue weighted by molar-refractivity contribution is 5.86. The Morgan fingerprint density at radius 1 is 1.26 bits per heavy atom. The van der Waals surface area contributed by atoms with Crippen molar-refractivity contribution in [3.05, 3.63) is 0 Å². The monoisotopic (exact) mass is 280 g/mol. The first-order valence-electron chi connectivity index (χ1n) is 6.89. The Kier molecular flexibility index (Phi) is 5.24. The normalized spacial score (nSPS) is 25.2. The third kappa shape index (κ3) is 4.09. The van der Waals surface area contributed by atoms with Crippen LogP contribution in [0.4, 0.5) is 13.2 Å². The molecule has 2 unspecified atom stereocenters. The van der Waals surface area contributed by atoms with Gasteiger partial charge in [0.05, 0.1) is 11.5 Å². The van der Waals surface area contributed by atoms with Crippen molar-refractivity contribution < 1.29 is 18.0 Å². The van der Waals surface area contributed by atoms with Gasteiger partial charge in [0.2, 0.25) is 5.91 Å². The molecule has 0 bridgehead atoms. The van der Waals surface area contributed by atoms with Crippen LogP contribution in [0.1, 0.15) is 52.4 Å². The molecular formula is C13H23F3N2O. The molecule has 1 aliphatic carbocycles. The van der Waals surface area contributed by atoms with Crippen LogP contribution < -0.4 is 11.1 Å². The first-order valence-corrected chi connectivity index (χ1v) is 6.89. The molecule has 0 aliphatic heterocycles. The fraction of sp³-hybridized carbons (Fsp3) is 0.923. The van der Waals surface area contributed by atoms with E-state index in [2.05, 4.69) is 5.32 Å². The Hall–Kier alpha value is -0.780. The van der Waals surface area contributed by atoms with Crippen LogP contribution in [0.3, 0.4) is 0 Å². The average Bonchev–Trinajstić information content (AvgIpc) is 2.37. The van der Waals surface area contributed by atoms with Crippen LogP contribution in [0, 0.1) is 5.92 Å². The standard InChI is InChI=1S/C13H23F3N2O/c1-3-12(17,4-2)11(19)18-10-7-5-6-9(8-10)13(14,15)16/h9-10H,3-8,17H2,1-2H3,(H,18,19). The van der Waals surface area contributed by atoms with Crippen LogP contribution in [0.2, 0.25) is 0 Å². The minimum absolute atomic E-state index is 0.0290. The van der Waals surface area contributed by atoms with E-state index in [1.54, 1.807) is 0 Å². The van der Waals surface area contributed by atoms with E-state index in [4.69, 9.17) is 5.73 Å². The molecule has 0 spiro atoms. The number of hydrogen-bond donors (Lipinski definition) is 2. The Balaban J connectivity index is 2.60. The molecule has 1 amide bonds. The van der Waals surface area contributed by atoms with Crippen molar-refractivity contribution in [1.29, 1.82) is 0 Å². The second kappa shape index (κ2) is 6.11. The van der Waals surface area contributed by atoms with E-state index in [-0.39, 0.29) is 18.7 Å². The number of rotatable bonds is 4. The quantitative estimate of drug-likeness (QED) is 0.832. The molecule has 1 aliphatic rings. The SMILES string of the molecule is CCC(N)(CC)C(=O)NC1CCCC(C(F)(F)F)C1. The van der Waals surface area contributed by atoms with Crippen molar-refractivity contribution in [2.45, 2.75) is 70.1 Å². The second-order valence-electron chi connectivity index (χ2n) is 5.44. The fourth-order valence-corrected chi connectivity index (χ4v) is 2.52. The van der Waals surface area contributed by atoms with Gasteiger partial charge in [0.15, 0.2) is 0 Å². The first-order chi connectivity index (χ1) is 8.73. The van der Waals surface area contributed by atoms with Crippen LogP contribution >= 0.6 is 0 Å². The van der Waals surface area contributed by atoms with Gasteiger partial charge in [-0.15, -0.1) is 0 Å². The number of nitrogens with one attached hydrogen (secondary N) is 1. The minimum atomic E-state index is -4.17. The fourth-order valence-electron chi connectivity index (χ4n) is 2.52. The van der Waals surface area contributed by atoms with E-state index in [0.29, 0.717) is 25.7 Å². The van der Waals surface area contributed by atoms with Crippen molar-refractivity contribution in [1.82, 2.24) is 5.32 Å². The highest BCUT2D eigenvalue weighted by atomic mass is 19.4. The number of hydrogen-bond acceptors (Lipinski definition) is 2. The Morgan fingerprint density at radius 2 is 1.84 bits per heavy atom. The Morgan fingerprint density at radius 3 is 2.32 bits per heavy atom. The smallest absolute Gasteiger partial charge is 0.352 e. The summed E-state index contributed by atoms with van der Waals surface area (Å²) in [6.07, 6.45) is -2.00. The molecule has 6 heteroatoms. The molecular weight excluding hydrogens is 257 g/mol. The van der Waals surface area contributed by atoms with Crippen molar-refractivity contribution in [3.63, 3.8) is 0 Å². The molecule has 1 fully saturated rings. The number of amides is 1. The summed E-state index contributed by atoms with van der Waals surface area (Å²) in [5.41, 5.74) is 4.98.